The van der Waals surface area contributed by atoms with Crippen molar-refractivity contribution in [3.8, 4) is 0 Å². The van der Waals surface area contributed by atoms with Gasteiger partial charge < -0.3 is 10.4 Å². The van der Waals surface area contributed by atoms with E-state index >= 15 is 0 Å². The van der Waals surface area contributed by atoms with Gasteiger partial charge in [-0.05, 0) is 41.1 Å². The standard InChI is InChI=1S/C10H11BrClNO2/c1-6(14)5-13-10(15)7-2-3-8(11)9(12)4-7/h2-4,6,14H,5H2,1H3,(H,13,15). The molecule has 0 heterocycles. The quantitative estimate of drug-likeness (QED) is 0.897. The van der Waals surface area contributed by atoms with Gasteiger partial charge in [-0.1, -0.05) is 11.6 Å². The van der Waals surface area contributed by atoms with Crippen LogP contribution in [0.1, 0.15) is 17.3 Å². The normalized spacial score (nSPS) is 12.3. The van der Waals surface area contributed by atoms with Crippen LogP contribution in [0.5, 0.6) is 0 Å². The first kappa shape index (κ1) is 12.5. The van der Waals surface area contributed by atoms with Crippen molar-refractivity contribution in [2.45, 2.75) is 13.0 Å². The van der Waals surface area contributed by atoms with Crippen LogP contribution in [0, 0.1) is 0 Å². The van der Waals surface area contributed by atoms with E-state index in [0.717, 1.165) is 4.47 Å². The highest BCUT2D eigenvalue weighted by Gasteiger charge is 2.08. The third kappa shape index (κ3) is 3.81. The van der Waals surface area contributed by atoms with E-state index in [9.17, 15) is 4.79 Å². The average Bonchev–Trinajstić information content (AvgIpc) is 2.18. The van der Waals surface area contributed by atoms with Gasteiger partial charge in [0.15, 0.2) is 0 Å². The van der Waals surface area contributed by atoms with Crippen LogP contribution in [0.15, 0.2) is 22.7 Å². The molecule has 0 aliphatic rings. The number of hydrogen-bond acceptors (Lipinski definition) is 2. The number of nitrogens with one attached hydrogen (secondary N) is 1. The Balaban J connectivity index is 2.70. The first-order chi connectivity index (χ1) is 7.00. The lowest BCUT2D eigenvalue weighted by molar-refractivity contribution is 0.0924. The van der Waals surface area contributed by atoms with Crippen LogP contribution in [-0.2, 0) is 0 Å². The van der Waals surface area contributed by atoms with E-state index in [1.165, 1.54) is 0 Å². The lowest BCUT2D eigenvalue weighted by atomic mass is 10.2. The molecule has 1 aromatic rings. The SMILES string of the molecule is CC(O)CNC(=O)c1ccc(Br)c(Cl)c1. The molecule has 3 nitrogen and oxygen atoms in total. The Morgan fingerprint density at radius 1 is 1.67 bits per heavy atom. The molecule has 0 bridgehead atoms. The molecule has 0 saturated heterocycles. The molecule has 0 aliphatic carbocycles. The molecule has 1 atom stereocenters. The summed E-state index contributed by atoms with van der Waals surface area (Å²) in [4.78, 5) is 11.5. The number of carbonyl (C=O) groups excluding carboxylic acids is 1. The summed E-state index contributed by atoms with van der Waals surface area (Å²) in [5, 5.41) is 12.1. The number of aliphatic hydroxyl groups is 1. The van der Waals surface area contributed by atoms with Crippen molar-refractivity contribution in [2.75, 3.05) is 6.54 Å². The monoisotopic (exact) mass is 291 g/mol. The number of benzene rings is 1. The van der Waals surface area contributed by atoms with Crippen molar-refractivity contribution in [3.63, 3.8) is 0 Å². The van der Waals surface area contributed by atoms with E-state index in [1.807, 2.05) is 0 Å². The molecule has 0 saturated carbocycles. The van der Waals surface area contributed by atoms with Crippen molar-refractivity contribution in [1.29, 1.82) is 0 Å². The predicted octanol–water partition coefficient (Wildman–Crippen LogP) is 2.21. The molecular formula is C10H11BrClNO2. The van der Waals surface area contributed by atoms with Crippen LogP contribution < -0.4 is 5.32 Å². The molecule has 0 radical (unpaired) electrons. The summed E-state index contributed by atoms with van der Waals surface area (Å²) in [5.41, 5.74) is 0.476. The molecule has 2 N–H and O–H groups in total. The zero-order valence-corrected chi connectivity index (χ0v) is 10.5. The number of carbonyl (C=O) groups is 1. The van der Waals surface area contributed by atoms with Gasteiger partial charge in [-0.2, -0.15) is 0 Å². The van der Waals surface area contributed by atoms with Crippen molar-refractivity contribution >= 4 is 33.4 Å². The average molecular weight is 293 g/mol. The fourth-order valence-electron chi connectivity index (χ4n) is 0.980. The van der Waals surface area contributed by atoms with Crippen LogP contribution in [0.2, 0.25) is 5.02 Å². The zero-order valence-electron chi connectivity index (χ0n) is 8.13. The van der Waals surface area contributed by atoms with Gasteiger partial charge in [-0.25, -0.2) is 0 Å². The number of rotatable bonds is 3. The maximum atomic E-state index is 11.5. The zero-order chi connectivity index (χ0) is 11.4. The molecule has 15 heavy (non-hydrogen) atoms. The first-order valence-corrected chi connectivity index (χ1v) is 5.59. The number of amides is 1. The van der Waals surface area contributed by atoms with Crippen LogP contribution in [0.4, 0.5) is 0 Å². The molecule has 0 spiro atoms. The third-order valence-electron chi connectivity index (χ3n) is 1.74. The Bertz CT molecular complexity index is 368. The third-order valence-corrected chi connectivity index (χ3v) is 2.97. The van der Waals surface area contributed by atoms with Crippen molar-refractivity contribution in [3.05, 3.63) is 33.3 Å². The van der Waals surface area contributed by atoms with Crippen LogP contribution in [0.3, 0.4) is 0 Å². The minimum absolute atomic E-state index is 0.229. The second-order valence-electron chi connectivity index (χ2n) is 3.19. The minimum atomic E-state index is -0.556. The number of halogens is 2. The van der Waals surface area contributed by atoms with E-state index in [0.29, 0.717) is 10.6 Å². The topological polar surface area (TPSA) is 49.3 Å². The van der Waals surface area contributed by atoms with Crippen molar-refractivity contribution in [2.24, 2.45) is 0 Å². The molecular weight excluding hydrogens is 281 g/mol. The summed E-state index contributed by atoms with van der Waals surface area (Å²) >= 11 is 9.08. The van der Waals surface area contributed by atoms with E-state index in [-0.39, 0.29) is 12.5 Å². The van der Waals surface area contributed by atoms with Crippen molar-refractivity contribution in [1.82, 2.24) is 5.32 Å². The molecule has 5 heteroatoms. The molecule has 82 valence electrons. The molecule has 1 aromatic carbocycles. The largest absolute Gasteiger partial charge is 0.392 e. The lowest BCUT2D eigenvalue weighted by Crippen LogP contribution is -2.30. The Labute approximate surface area is 102 Å². The number of aliphatic hydroxyl groups excluding tert-OH is 1. The lowest BCUT2D eigenvalue weighted by Gasteiger charge is -2.07. The number of hydrogen-bond donors (Lipinski definition) is 2. The smallest absolute Gasteiger partial charge is 0.251 e. The second-order valence-corrected chi connectivity index (χ2v) is 4.45. The fraction of sp³-hybridized carbons (Fsp3) is 0.300. The van der Waals surface area contributed by atoms with Gasteiger partial charge >= 0.3 is 0 Å². The molecule has 0 aliphatic heterocycles. The van der Waals surface area contributed by atoms with E-state index < -0.39 is 6.10 Å². The summed E-state index contributed by atoms with van der Waals surface area (Å²) in [7, 11) is 0. The summed E-state index contributed by atoms with van der Waals surface area (Å²) in [6, 6.07) is 4.94. The van der Waals surface area contributed by atoms with Gasteiger partial charge in [-0.15, -0.1) is 0 Å². The molecule has 1 rings (SSSR count). The van der Waals surface area contributed by atoms with Crippen LogP contribution >= 0.6 is 27.5 Å². The predicted molar refractivity (Wildman–Crippen MR) is 63.2 cm³/mol. The van der Waals surface area contributed by atoms with Gasteiger partial charge in [0.05, 0.1) is 11.1 Å². The van der Waals surface area contributed by atoms with Gasteiger partial charge in [0.2, 0.25) is 0 Å². The first-order valence-electron chi connectivity index (χ1n) is 4.42. The van der Waals surface area contributed by atoms with E-state index in [1.54, 1.807) is 25.1 Å². The highest BCUT2D eigenvalue weighted by atomic mass is 79.9. The van der Waals surface area contributed by atoms with Gasteiger partial charge in [-0.3, -0.25) is 4.79 Å². The minimum Gasteiger partial charge on any atom is -0.392 e. The highest BCUT2D eigenvalue weighted by molar-refractivity contribution is 9.10. The maximum absolute atomic E-state index is 11.5. The Kier molecular flexibility index (Phi) is 4.57. The molecule has 0 fully saturated rings. The van der Waals surface area contributed by atoms with Gasteiger partial charge in [0, 0.05) is 16.6 Å². The second kappa shape index (κ2) is 5.49. The molecule has 1 unspecified atom stereocenters. The summed E-state index contributed by atoms with van der Waals surface area (Å²) < 4.78 is 0.747. The Morgan fingerprint density at radius 2 is 2.33 bits per heavy atom. The van der Waals surface area contributed by atoms with Crippen molar-refractivity contribution < 1.29 is 9.90 Å². The van der Waals surface area contributed by atoms with Gasteiger partial charge in [0.1, 0.15) is 0 Å². The fourth-order valence-corrected chi connectivity index (χ4v) is 1.41. The Morgan fingerprint density at radius 3 is 2.87 bits per heavy atom. The summed E-state index contributed by atoms with van der Waals surface area (Å²) in [5.74, 6) is -0.245. The highest BCUT2D eigenvalue weighted by Crippen LogP contribution is 2.22. The van der Waals surface area contributed by atoms with E-state index in [4.69, 9.17) is 16.7 Å². The van der Waals surface area contributed by atoms with Gasteiger partial charge in [0.25, 0.3) is 5.91 Å². The van der Waals surface area contributed by atoms with Crippen LogP contribution in [-0.4, -0.2) is 23.7 Å². The maximum Gasteiger partial charge on any atom is 0.251 e. The summed E-state index contributed by atoms with van der Waals surface area (Å²) in [6.45, 7) is 1.83. The summed E-state index contributed by atoms with van der Waals surface area (Å²) in [6.07, 6.45) is -0.556. The van der Waals surface area contributed by atoms with E-state index in [2.05, 4.69) is 21.2 Å². The molecule has 0 aromatic heterocycles. The molecule has 1 amide bonds. The Hall–Kier alpha value is -0.580. The van der Waals surface area contributed by atoms with Crippen LogP contribution in [0.25, 0.3) is 0 Å².